The van der Waals surface area contributed by atoms with Gasteiger partial charge in [-0.25, -0.2) is 4.79 Å². The fraction of sp³-hybridized carbons (Fsp3) is 0.238. The van der Waals surface area contributed by atoms with E-state index in [2.05, 4.69) is 10.6 Å². The van der Waals surface area contributed by atoms with E-state index < -0.39 is 36.2 Å². The van der Waals surface area contributed by atoms with Crippen LogP contribution in [0.5, 0.6) is 5.75 Å². The second kappa shape index (κ2) is 8.27. The van der Waals surface area contributed by atoms with Crippen molar-refractivity contribution >= 4 is 40.0 Å². The van der Waals surface area contributed by atoms with Crippen LogP contribution in [0.15, 0.2) is 52.1 Å². The zero-order valence-corrected chi connectivity index (χ0v) is 17.1. The van der Waals surface area contributed by atoms with Gasteiger partial charge >= 0.3 is 5.69 Å². The molecule has 31 heavy (non-hydrogen) atoms. The summed E-state index contributed by atoms with van der Waals surface area (Å²) in [6.07, 6.45) is 1.75. The van der Waals surface area contributed by atoms with Crippen molar-refractivity contribution < 1.29 is 14.7 Å². The summed E-state index contributed by atoms with van der Waals surface area (Å²) in [5, 5.41) is 15.7. The first-order valence-corrected chi connectivity index (χ1v) is 10.0. The van der Waals surface area contributed by atoms with E-state index in [0.717, 1.165) is 22.0 Å². The van der Waals surface area contributed by atoms with Crippen LogP contribution >= 0.6 is 11.6 Å². The molecule has 0 aliphatic heterocycles. The van der Waals surface area contributed by atoms with Crippen LogP contribution in [0.2, 0.25) is 5.02 Å². The summed E-state index contributed by atoms with van der Waals surface area (Å²) < 4.78 is 1.95. The van der Waals surface area contributed by atoms with Gasteiger partial charge in [0, 0.05) is 11.1 Å². The smallest absolute Gasteiger partial charge is 0.332 e. The van der Waals surface area contributed by atoms with Crippen LogP contribution in [0.3, 0.4) is 0 Å². The Bertz CT molecular complexity index is 1310. The van der Waals surface area contributed by atoms with Gasteiger partial charge < -0.3 is 15.7 Å². The summed E-state index contributed by atoms with van der Waals surface area (Å²) >= 11 is 5.90. The molecule has 0 unspecified atom stereocenters. The molecule has 1 aliphatic carbocycles. The fourth-order valence-electron chi connectivity index (χ4n) is 3.25. The molecule has 1 aliphatic rings. The molecule has 3 aromatic rings. The average Bonchev–Trinajstić information content (AvgIpc) is 3.55. The van der Waals surface area contributed by atoms with E-state index in [0.29, 0.717) is 5.02 Å². The molecule has 160 valence electrons. The monoisotopic (exact) mass is 442 g/mol. The predicted molar refractivity (Wildman–Crippen MR) is 115 cm³/mol. The lowest BCUT2D eigenvalue weighted by Crippen LogP contribution is -2.45. The fourth-order valence-corrected chi connectivity index (χ4v) is 3.42. The number of rotatable bonds is 6. The zero-order valence-electron chi connectivity index (χ0n) is 16.3. The van der Waals surface area contributed by atoms with Gasteiger partial charge in [-0.05, 0) is 43.2 Å². The topological polar surface area (TPSA) is 122 Å². The van der Waals surface area contributed by atoms with Gasteiger partial charge in [0.2, 0.25) is 11.8 Å². The lowest BCUT2D eigenvalue weighted by atomic mass is 10.2. The maximum atomic E-state index is 13.0. The lowest BCUT2D eigenvalue weighted by molar-refractivity contribution is -0.121. The second-order valence-electron chi connectivity index (χ2n) is 7.33. The average molecular weight is 443 g/mol. The summed E-state index contributed by atoms with van der Waals surface area (Å²) in [6.45, 7) is -0.870. The Morgan fingerprint density at radius 1 is 1.03 bits per heavy atom. The molecule has 0 atom stereocenters. The number of benzene rings is 2. The van der Waals surface area contributed by atoms with Crippen molar-refractivity contribution in [3.8, 4) is 5.75 Å². The highest BCUT2D eigenvalue weighted by molar-refractivity contribution is 6.31. The van der Waals surface area contributed by atoms with Gasteiger partial charge in [0.05, 0.1) is 16.6 Å². The highest BCUT2D eigenvalue weighted by Gasteiger charge is 2.24. The number of phenols is 1. The van der Waals surface area contributed by atoms with Crippen LogP contribution in [0, 0.1) is 0 Å². The first-order chi connectivity index (χ1) is 14.8. The van der Waals surface area contributed by atoms with Gasteiger partial charge in [0.1, 0.15) is 18.8 Å². The highest BCUT2D eigenvalue weighted by atomic mass is 35.5. The minimum atomic E-state index is -0.778. The Balaban J connectivity index is 1.69. The Morgan fingerprint density at radius 2 is 1.74 bits per heavy atom. The maximum Gasteiger partial charge on any atom is 0.332 e. The number of carbonyl (C=O) groups excluding carboxylic acids is 2. The first-order valence-electron chi connectivity index (χ1n) is 9.63. The van der Waals surface area contributed by atoms with Gasteiger partial charge in [-0.15, -0.1) is 0 Å². The molecule has 3 N–H and O–H groups in total. The first kappa shape index (κ1) is 20.7. The van der Waals surface area contributed by atoms with Crippen LogP contribution in [0.1, 0.15) is 12.8 Å². The third kappa shape index (κ3) is 4.46. The molecule has 10 heteroatoms. The van der Waals surface area contributed by atoms with Crippen molar-refractivity contribution in [2.75, 3.05) is 5.32 Å². The van der Waals surface area contributed by atoms with Crippen molar-refractivity contribution in [2.24, 2.45) is 0 Å². The van der Waals surface area contributed by atoms with Gasteiger partial charge in [-0.2, -0.15) is 0 Å². The number of para-hydroxylation sites is 1. The molecule has 2 aromatic carbocycles. The molecule has 1 aromatic heterocycles. The number of aromatic nitrogens is 2. The van der Waals surface area contributed by atoms with Crippen LogP contribution in [-0.2, 0) is 22.7 Å². The minimum Gasteiger partial charge on any atom is -0.506 e. The number of amides is 2. The highest BCUT2D eigenvalue weighted by Crippen LogP contribution is 2.26. The second-order valence-corrected chi connectivity index (χ2v) is 7.77. The van der Waals surface area contributed by atoms with Crippen LogP contribution in [0.25, 0.3) is 10.9 Å². The van der Waals surface area contributed by atoms with Crippen molar-refractivity contribution in [3.05, 3.63) is 68.3 Å². The molecule has 1 heterocycles. The van der Waals surface area contributed by atoms with E-state index in [4.69, 9.17) is 11.6 Å². The molecule has 2 amide bonds. The Morgan fingerprint density at radius 3 is 2.48 bits per heavy atom. The molecular weight excluding hydrogens is 424 g/mol. The summed E-state index contributed by atoms with van der Waals surface area (Å²) in [7, 11) is 0. The van der Waals surface area contributed by atoms with E-state index in [1.54, 1.807) is 18.2 Å². The molecule has 4 rings (SSSR count). The van der Waals surface area contributed by atoms with Gasteiger partial charge in [-0.1, -0.05) is 23.7 Å². The summed E-state index contributed by atoms with van der Waals surface area (Å²) in [4.78, 5) is 50.7. The Kier molecular flexibility index (Phi) is 5.51. The summed E-state index contributed by atoms with van der Waals surface area (Å²) in [5.41, 5.74) is -1.02. The molecule has 0 saturated heterocycles. The van der Waals surface area contributed by atoms with Gasteiger partial charge in [0.15, 0.2) is 0 Å². The molecule has 0 radical (unpaired) electrons. The number of nitrogens with zero attached hydrogens (tertiary/aromatic N) is 2. The van der Waals surface area contributed by atoms with Crippen molar-refractivity contribution in [2.45, 2.75) is 32.0 Å². The number of hydrogen-bond acceptors (Lipinski definition) is 5. The summed E-state index contributed by atoms with van der Waals surface area (Å²) in [6, 6.07) is 10.6. The standard InChI is InChI=1S/C21H19ClN4O5/c22-12-5-8-17(27)15(9-12)24-19(29)10-25-16-4-2-1-3-14(16)20(30)26(21(25)31)11-18(28)23-13-6-7-13/h1-5,8-9,13,27H,6-7,10-11H2,(H,23,28)(H,24,29). The third-order valence-corrected chi connectivity index (χ3v) is 5.15. The molecule has 1 fully saturated rings. The predicted octanol–water partition coefficient (Wildman–Crippen LogP) is 1.44. The zero-order chi connectivity index (χ0) is 22.1. The molecular formula is C21H19ClN4O5. The number of nitrogens with one attached hydrogen (secondary N) is 2. The number of aromatic hydroxyl groups is 1. The molecule has 9 nitrogen and oxygen atoms in total. The van der Waals surface area contributed by atoms with Crippen LogP contribution < -0.4 is 21.9 Å². The number of carbonyl (C=O) groups is 2. The van der Waals surface area contributed by atoms with Crippen molar-refractivity contribution in [1.82, 2.24) is 14.5 Å². The van der Waals surface area contributed by atoms with E-state index in [9.17, 15) is 24.3 Å². The number of phenolic OH excluding ortho intramolecular Hbond substituents is 1. The Labute approximate surface area is 180 Å². The third-order valence-electron chi connectivity index (χ3n) is 4.91. The molecule has 1 saturated carbocycles. The Hall–Kier alpha value is -3.59. The van der Waals surface area contributed by atoms with Crippen LogP contribution in [-0.4, -0.2) is 32.1 Å². The SMILES string of the molecule is O=C(Cn1c(=O)n(CC(=O)NC2CC2)c(=O)c2ccccc21)Nc1cc(Cl)ccc1O. The van der Waals surface area contributed by atoms with E-state index in [1.807, 2.05) is 0 Å². The number of anilines is 1. The van der Waals surface area contributed by atoms with E-state index in [-0.39, 0.29) is 28.4 Å². The van der Waals surface area contributed by atoms with Crippen LogP contribution in [0.4, 0.5) is 5.69 Å². The van der Waals surface area contributed by atoms with Crippen molar-refractivity contribution in [1.29, 1.82) is 0 Å². The quantitative estimate of drug-likeness (QED) is 0.498. The number of fused-ring (bicyclic) bond motifs is 1. The lowest BCUT2D eigenvalue weighted by Gasteiger charge is -2.14. The minimum absolute atomic E-state index is 0.0852. The number of hydrogen-bond donors (Lipinski definition) is 3. The molecule has 0 spiro atoms. The maximum absolute atomic E-state index is 13.0. The normalized spacial score (nSPS) is 13.2. The number of halogens is 1. The summed E-state index contributed by atoms with van der Waals surface area (Å²) in [5.74, 6) is -1.23. The largest absolute Gasteiger partial charge is 0.506 e. The molecule has 0 bridgehead atoms. The van der Waals surface area contributed by atoms with E-state index >= 15 is 0 Å². The van der Waals surface area contributed by atoms with Gasteiger partial charge in [-0.3, -0.25) is 23.5 Å². The van der Waals surface area contributed by atoms with E-state index in [1.165, 1.54) is 24.3 Å². The van der Waals surface area contributed by atoms with Crippen molar-refractivity contribution in [3.63, 3.8) is 0 Å². The van der Waals surface area contributed by atoms with Gasteiger partial charge in [0.25, 0.3) is 5.56 Å².